The number of esters is 2. The summed E-state index contributed by atoms with van der Waals surface area (Å²) in [7, 11) is -1.00. The topological polar surface area (TPSA) is 93.2 Å². The fraction of sp³-hybridized carbons (Fsp3) is 0.333. The van der Waals surface area contributed by atoms with Gasteiger partial charge in [0, 0.05) is 31.2 Å². The van der Waals surface area contributed by atoms with Crippen molar-refractivity contribution >= 4 is 33.2 Å². The second-order valence-electron chi connectivity index (χ2n) is 6.93. The highest BCUT2D eigenvalue weighted by Gasteiger charge is 2.29. The largest absolute Gasteiger partial charge is 0.465 e. The Bertz CT molecular complexity index is 1050. The molecule has 160 valence electrons. The highest BCUT2D eigenvalue weighted by Crippen LogP contribution is 2.35. The molecule has 0 spiro atoms. The Hall–Kier alpha value is -3.07. The van der Waals surface area contributed by atoms with E-state index in [4.69, 9.17) is 9.47 Å². The van der Waals surface area contributed by atoms with Gasteiger partial charge in [-0.25, -0.2) is 18.0 Å². The first kappa shape index (κ1) is 21.6. The third kappa shape index (κ3) is 4.25. The lowest BCUT2D eigenvalue weighted by Gasteiger charge is -2.26. The normalized spacial score (nSPS) is 16.6. The van der Waals surface area contributed by atoms with Gasteiger partial charge in [-0.05, 0) is 43.2 Å². The first-order chi connectivity index (χ1) is 14.3. The summed E-state index contributed by atoms with van der Waals surface area (Å²) in [5.74, 6) is -1.41. The van der Waals surface area contributed by atoms with Crippen LogP contribution in [0, 0.1) is 0 Å². The van der Waals surface area contributed by atoms with Crippen LogP contribution < -0.4 is 9.80 Å². The van der Waals surface area contributed by atoms with E-state index in [1.807, 2.05) is 4.90 Å². The zero-order valence-corrected chi connectivity index (χ0v) is 17.9. The Morgan fingerprint density at radius 3 is 2.27 bits per heavy atom. The predicted octanol–water partition coefficient (Wildman–Crippen LogP) is 2.18. The Morgan fingerprint density at radius 1 is 1.00 bits per heavy atom. The molecule has 0 aliphatic carbocycles. The fourth-order valence-electron chi connectivity index (χ4n) is 3.54. The third-order valence-corrected chi connectivity index (χ3v) is 6.10. The van der Waals surface area contributed by atoms with Crippen LogP contribution in [-0.4, -0.2) is 53.9 Å². The number of sulfone groups is 1. The molecule has 8 nitrogen and oxygen atoms in total. The lowest BCUT2D eigenvalue weighted by Crippen LogP contribution is -2.27. The van der Waals surface area contributed by atoms with Gasteiger partial charge in [-0.1, -0.05) is 6.08 Å². The highest BCUT2D eigenvalue weighted by atomic mass is 32.2. The van der Waals surface area contributed by atoms with Gasteiger partial charge in [0.1, 0.15) is 5.70 Å². The van der Waals surface area contributed by atoms with Crippen LogP contribution in [-0.2, 0) is 28.9 Å². The molecule has 0 aromatic heterocycles. The van der Waals surface area contributed by atoms with Gasteiger partial charge in [0.15, 0.2) is 9.84 Å². The average molecular weight is 432 g/mol. The predicted molar refractivity (Wildman–Crippen MR) is 113 cm³/mol. The van der Waals surface area contributed by atoms with Gasteiger partial charge in [0.25, 0.3) is 0 Å². The van der Waals surface area contributed by atoms with Gasteiger partial charge in [0.2, 0.25) is 0 Å². The molecule has 0 saturated carbocycles. The summed E-state index contributed by atoms with van der Waals surface area (Å²) >= 11 is 0. The summed E-state index contributed by atoms with van der Waals surface area (Å²) in [5, 5.41) is 0. The Balaban J connectivity index is 2.20. The number of rotatable bonds is 5. The molecule has 3 rings (SSSR count). The highest BCUT2D eigenvalue weighted by molar-refractivity contribution is 7.90. The molecule has 1 saturated heterocycles. The van der Waals surface area contributed by atoms with Crippen molar-refractivity contribution in [2.75, 3.05) is 43.4 Å². The van der Waals surface area contributed by atoms with Crippen LogP contribution >= 0.6 is 0 Å². The van der Waals surface area contributed by atoms with E-state index in [0.29, 0.717) is 11.4 Å². The van der Waals surface area contributed by atoms with Gasteiger partial charge in [-0.3, -0.25) is 0 Å². The molecular formula is C21H24N2O6S. The van der Waals surface area contributed by atoms with Crippen molar-refractivity contribution in [1.29, 1.82) is 0 Å². The zero-order valence-electron chi connectivity index (χ0n) is 17.1. The zero-order chi connectivity index (χ0) is 21.9. The molecule has 2 aliphatic rings. The lowest BCUT2D eigenvalue weighted by atomic mass is 10.1. The minimum Gasteiger partial charge on any atom is -0.465 e. The molecule has 1 aromatic rings. The summed E-state index contributed by atoms with van der Waals surface area (Å²) in [4.78, 5) is 28.6. The van der Waals surface area contributed by atoms with E-state index in [-0.39, 0.29) is 16.2 Å². The standard InChI is InChI=1S/C21H24N2O6S/c1-28-20(24)16-8-4-5-13-23(19(16)21(25)29-2)15-9-10-18(30(3,26)27)17(14-15)22-11-6-7-12-22/h4-5,8-10,13-14H,6-7,11-12H2,1-3H3. The number of nitrogens with zero attached hydrogens (tertiary/aromatic N) is 2. The Kier molecular flexibility index (Phi) is 6.31. The lowest BCUT2D eigenvalue weighted by molar-refractivity contribution is -0.139. The maximum absolute atomic E-state index is 12.6. The fourth-order valence-corrected chi connectivity index (χ4v) is 4.42. The van der Waals surface area contributed by atoms with Crippen molar-refractivity contribution < 1.29 is 27.5 Å². The van der Waals surface area contributed by atoms with E-state index in [9.17, 15) is 18.0 Å². The molecule has 0 bridgehead atoms. The number of carbonyl (C=O) groups is 2. The second-order valence-corrected chi connectivity index (χ2v) is 8.92. The van der Waals surface area contributed by atoms with Gasteiger partial charge < -0.3 is 19.3 Å². The molecule has 0 unspecified atom stereocenters. The molecule has 2 heterocycles. The van der Waals surface area contributed by atoms with Crippen LogP contribution in [0.3, 0.4) is 0 Å². The summed E-state index contributed by atoms with van der Waals surface area (Å²) in [5.41, 5.74) is 1.10. The summed E-state index contributed by atoms with van der Waals surface area (Å²) in [6, 6.07) is 4.84. The van der Waals surface area contributed by atoms with Crippen LogP contribution in [0.5, 0.6) is 0 Å². The van der Waals surface area contributed by atoms with Gasteiger partial charge in [-0.2, -0.15) is 0 Å². The van der Waals surface area contributed by atoms with Crippen molar-refractivity contribution in [3.05, 3.63) is 53.9 Å². The van der Waals surface area contributed by atoms with Crippen molar-refractivity contribution in [3.8, 4) is 0 Å². The van der Waals surface area contributed by atoms with Crippen molar-refractivity contribution in [2.24, 2.45) is 0 Å². The van der Waals surface area contributed by atoms with Crippen LogP contribution in [0.25, 0.3) is 0 Å². The molecule has 0 atom stereocenters. The molecule has 1 aromatic carbocycles. The van der Waals surface area contributed by atoms with Crippen LogP contribution in [0.15, 0.2) is 58.8 Å². The number of allylic oxidation sites excluding steroid dienone is 2. The minimum atomic E-state index is -3.46. The monoisotopic (exact) mass is 432 g/mol. The van der Waals surface area contributed by atoms with Crippen molar-refractivity contribution in [1.82, 2.24) is 0 Å². The molecular weight excluding hydrogens is 408 g/mol. The number of hydrogen-bond donors (Lipinski definition) is 0. The number of anilines is 2. The van der Waals surface area contributed by atoms with Gasteiger partial charge in [0.05, 0.1) is 30.4 Å². The molecule has 9 heteroatoms. The van der Waals surface area contributed by atoms with E-state index in [1.165, 1.54) is 37.5 Å². The van der Waals surface area contributed by atoms with E-state index in [1.54, 1.807) is 30.5 Å². The molecule has 0 radical (unpaired) electrons. The Morgan fingerprint density at radius 2 is 1.67 bits per heavy atom. The number of hydrogen-bond acceptors (Lipinski definition) is 8. The quantitative estimate of drug-likeness (QED) is 0.654. The van der Waals surface area contributed by atoms with Gasteiger partial charge in [-0.15, -0.1) is 0 Å². The van der Waals surface area contributed by atoms with Crippen molar-refractivity contribution in [3.63, 3.8) is 0 Å². The number of benzene rings is 1. The van der Waals surface area contributed by atoms with E-state index < -0.39 is 21.8 Å². The number of ether oxygens (including phenoxy) is 2. The molecule has 1 fully saturated rings. The van der Waals surface area contributed by atoms with E-state index in [0.717, 1.165) is 25.9 Å². The van der Waals surface area contributed by atoms with Crippen LogP contribution in [0.2, 0.25) is 0 Å². The number of carbonyl (C=O) groups excluding carboxylic acids is 2. The SMILES string of the molecule is COC(=O)C1=C(C(=O)OC)N(c2ccc(S(C)(=O)=O)c(N3CCCC3)c2)C=CC=C1. The van der Waals surface area contributed by atoms with Gasteiger partial charge >= 0.3 is 11.9 Å². The summed E-state index contributed by atoms with van der Waals surface area (Å²) in [6.45, 7) is 1.49. The smallest absolute Gasteiger partial charge is 0.355 e. The van der Waals surface area contributed by atoms with Crippen LogP contribution in [0.4, 0.5) is 11.4 Å². The maximum atomic E-state index is 12.6. The molecule has 30 heavy (non-hydrogen) atoms. The average Bonchev–Trinajstić information content (AvgIpc) is 3.17. The molecule has 0 N–H and O–H groups in total. The second kappa shape index (κ2) is 8.74. The first-order valence-electron chi connectivity index (χ1n) is 9.42. The first-order valence-corrected chi connectivity index (χ1v) is 11.3. The molecule has 0 amide bonds. The van der Waals surface area contributed by atoms with E-state index >= 15 is 0 Å². The maximum Gasteiger partial charge on any atom is 0.355 e. The Labute approximate surface area is 176 Å². The van der Waals surface area contributed by atoms with Crippen LogP contribution in [0.1, 0.15) is 12.8 Å². The third-order valence-electron chi connectivity index (χ3n) is 4.96. The van der Waals surface area contributed by atoms with E-state index in [2.05, 4.69) is 0 Å². The minimum absolute atomic E-state index is 0.0196. The molecule has 2 aliphatic heterocycles. The summed E-state index contributed by atoms with van der Waals surface area (Å²) < 4.78 is 34.4. The van der Waals surface area contributed by atoms with Crippen molar-refractivity contribution in [2.45, 2.75) is 17.7 Å². The summed E-state index contributed by atoms with van der Waals surface area (Å²) in [6.07, 6.45) is 9.48. The number of methoxy groups -OCH3 is 2.